The summed E-state index contributed by atoms with van der Waals surface area (Å²) < 4.78 is 17.3. The highest BCUT2D eigenvalue weighted by atomic mass is 16.7. The minimum Gasteiger partial charge on any atom is -0.508 e. The minimum atomic E-state index is -1.55. The van der Waals surface area contributed by atoms with Gasteiger partial charge >= 0.3 is 0 Å². The van der Waals surface area contributed by atoms with E-state index in [1.807, 2.05) is 6.07 Å². The molecule has 1 saturated heterocycles. The molecule has 0 aliphatic carbocycles. The van der Waals surface area contributed by atoms with Gasteiger partial charge in [0.05, 0.1) is 11.7 Å². The van der Waals surface area contributed by atoms with E-state index in [-0.39, 0.29) is 17.1 Å². The molecule has 1 fully saturated rings. The topological polar surface area (TPSA) is 126 Å². The monoisotopic (exact) mass is 402 g/mol. The Balaban J connectivity index is 1.69. The molecule has 2 aliphatic heterocycles. The minimum absolute atomic E-state index is 0.0419. The van der Waals surface area contributed by atoms with E-state index >= 15 is 0 Å². The molecule has 2 aliphatic rings. The number of Topliss-reactive ketones (excluding diaryl/α,β-unsaturated/α-hetero) is 1. The number of aliphatic hydroxyl groups is 3. The molecule has 2 aromatic rings. The summed E-state index contributed by atoms with van der Waals surface area (Å²) >= 11 is 0. The van der Waals surface area contributed by atoms with E-state index in [0.29, 0.717) is 5.56 Å². The molecular formula is C21H22O8. The summed E-state index contributed by atoms with van der Waals surface area (Å²) in [6, 6.07) is 13.1. The Labute approximate surface area is 166 Å². The van der Waals surface area contributed by atoms with Crippen LogP contribution in [0, 0.1) is 0 Å². The van der Waals surface area contributed by atoms with Crippen LogP contribution in [0.3, 0.4) is 0 Å². The van der Waals surface area contributed by atoms with E-state index in [2.05, 4.69) is 0 Å². The lowest BCUT2D eigenvalue weighted by Gasteiger charge is -2.42. The molecule has 0 bridgehead atoms. The SMILES string of the molecule is C[C@@H]1O[C@@H](O[C@@H]2C(=O)c3ccc(O)cc3O[C@H]2c2ccccc2)[C@H](O)[C@H](O)[C@H]1O. The van der Waals surface area contributed by atoms with Crippen LogP contribution in [-0.2, 0) is 9.47 Å². The average Bonchev–Trinajstić information content (AvgIpc) is 2.72. The normalized spacial score (nSPS) is 34.3. The lowest BCUT2D eigenvalue weighted by molar-refractivity contribution is -0.304. The van der Waals surface area contributed by atoms with Gasteiger partial charge in [-0.1, -0.05) is 30.3 Å². The van der Waals surface area contributed by atoms with E-state index in [1.54, 1.807) is 24.3 Å². The maximum Gasteiger partial charge on any atom is 0.199 e. The van der Waals surface area contributed by atoms with Crippen LogP contribution in [0.25, 0.3) is 0 Å². The van der Waals surface area contributed by atoms with Crippen LogP contribution >= 0.6 is 0 Å². The summed E-state index contributed by atoms with van der Waals surface area (Å²) in [5, 5.41) is 40.0. The quantitative estimate of drug-likeness (QED) is 0.597. The molecule has 154 valence electrons. The van der Waals surface area contributed by atoms with Crippen molar-refractivity contribution in [1.29, 1.82) is 0 Å². The average molecular weight is 402 g/mol. The van der Waals surface area contributed by atoms with Crippen LogP contribution in [0.15, 0.2) is 48.5 Å². The highest BCUT2D eigenvalue weighted by Gasteiger charge is 2.47. The lowest BCUT2D eigenvalue weighted by atomic mass is 9.93. The number of ether oxygens (including phenoxy) is 3. The highest BCUT2D eigenvalue weighted by Crippen LogP contribution is 2.39. The zero-order chi connectivity index (χ0) is 20.7. The van der Waals surface area contributed by atoms with Crippen molar-refractivity contribution in [2.24, 2.45) is 0 Å². The predicted molar refractivity (Wildman–Crippen MR) is 99.5 cm³/mol. The second-order valence-electron chi connectivity index (χ2n) is 7.23. The van der Waals surface area contributed by atoms with Crippen molar-refractivity contribution >= 4 is 5.78 Å². The number of hydrogen-bond acceptors (Lipinski definition) is 8. The van der Waals surface area contributed by atoms with E-state index in [4.69, 9.17) is 14.2 Å². The van der Waals surface area contributed by atoms with Gasteiger partial charge in [0.25, 0.3) is 0 Å². The molecule has 0 saturated carbocycles. The molecule has 0 unspecified atom stereocenters. The third-order valence-electron chi connectivity index (χ3n) is 5.24. The molecule has 0 amide bonds. The van der Waals surface area contributed by atoms with Crippen molar-refractivity contribution in [1.82, 2.24) is 0 Å². The molecule has 4 rings (SSSR count). The van der Waals surface area contributed by atoms with Gasteiger partial charge in [-0.3, -0.25) is 4.79 Å². The summed E-state index contributed by atoms with van der Waals surface area (Å²) in [6.45, 7) is 1.53. The van der Waals surface area contributed by atoms with Crippen molar-refractivity contribution in [3.63, 3.8) is 0 Å². The number of hydrogen-bond donors (Lipinski definition) is 4. The van der Waals surface area contributed by atoms with E-state index in [1.165, 1.54) is 25.1 Å². The van der Waals surface area contributed by atoms with Crippen LogP contribution in [0.4, 0.5) is 0 Å². The summed E-state index contributed by atoms with van der Waals surface area (Å²) in [5.41, 5.74) is 0.873. The molecule has 8 heteroatoms. The maximum absolute atomic E-state index is 13.2. The number of ketones is 1. The second-order valence-corrected chi connectivity index (χ2v) is 7.23. The number of carbonyl (C=O) groups excluding carboxylic acids is 1. The summed E-state index contributed by atoms with van der Waals surface area (Å²) in [4.78, 5) is 13.2. The Hall–Kier alpha value is -2.49. The Morgan fingerprint density at radius 2 is 1.69 bits per heavy atom. The molecule has 29 heavy (non-hydrogen) atoms. The van der Waals surface area contributed by atoms with Crippen molar-refractivity contribution < 1.29 is 39.4 Å². The Morgan fingerprint density at radius 3 is 2.41 bits per heavy atom. The summed E-state index contributed by atoms with van der Waals surface area (Å²) in [6.07, 6.45) is -8.51. The molecule has 8 nitrogen and oxygen atoms in total. The predicted octanol–water partition coefficient (Wildman–Crippen LogP) is 0.921. The van der Waals surface area contributed by atoms with Crippen LogP contribution in [0.1, 0.15) is 28.9 Å². The first-order valence-electron chi connectivity index (χ1n) is 9.31. The van der Waals surface area contributed by atoms with Gasteiger partial charge in [-0.25, -0.2) is 0 Å². The van der Waals surface area contributed by atoms with Gasteiger partial charge in [-0.05, 0) is 24.6 Å². The smallest absolute Gasteiger partial charge is 0.199 e. The van der Waals surface area contributed by atoms with Crippen LogP contribution in [-0.4, -0.2) is 63.0 Å². The first-order valence-corrected chi connectivity index (χ1v) is 9.31. The molecular weight excluding hydrogens is 380 g/mol. The molecule has 2 heterocycles. The number of phenols is 1. The number of rotatable bonds is 3. The van der Waals surface area contributed by atoms with Crippen molar-refractivity contribution in [3.8, 4) is 11.5 Å². The van der Waals surface area contributed by atoms with Crippen LogP contribution in [0.5, 0.6) is 11.5 Å². The Morgan fingerprint density at radius 1 is 0.966 bits per heavy atom. The number of aliphatic hydroxyl groups excluding tert-OH is 3. The molecule has 0 spiro atoms. The fourth-order valence-corrected chi connectivity index (χ4v) is 3.59. The van der Waals surface area contributed by atoms with Crippen molar-refractivity contribution in [2.45, 2.75) is 49.8 Å². The maximum atomic E-state index is 13.2. The first kappa shape index (κ1) is 19.8. The van der Waals surface area contributed by atoms with E-state index in [9.17, 15) is 25.2 Å². The zero-order valence-electron chi connectivity index (χ0n) is 15.6. The third-order valence-corrected chi connectivity index (χ3v) is 5.24. The molecule has 4 N–H and O–H groups in total. The van der Waals surface area contributed by atoms with Crippen molar-refractivity contribution in [2.75, 3.05) is 0 Å². The molecule has 0 radical (unpaired) electrons. The van der Waals surface area contributed by atoms with E-state index in [0.717, 1.165) is 0 Å². The number of carbonyl (C=O) groups is 1. The number of phenolic OH excluding ortho intramolecular Hbond substituents is 1. The molecule has 7 atom stereocenters. The Bertz CT molecular complexity index is 886. The number of benzene rings is 2. The second kappa shape index (κ2) is 7.74. The summed E-state index contributed by atoms with van der Waals surface area (Å²) in [5.74, 6) is -0.235. The van der Waals surface area contributed by atoms with Crippen LogP contribution < -0.4 is 4.74 Å². The van der Waals surface area contributed by atoms with Crippen molar-refractivity contribution in [3.05, 3.63) is 59.7 Å². The van der Waals surface area contributed by atoms with Gasteiger partial charge in [0.2, 0.25) is 0 Å². The van der Waals surface area contributed by atoms with E-state index < -0.39 is 48.7 Å². The van der Waals surface area contributed by atoms with Crippen LogP contribution in [0.2, 0.25) is 0 Å². The number of aromatic hydroxyl groups is 1. The Kier molecular flexibility index (Phi) is 5.28. The first-order chi connectivity index (χ1) is 13.9. The van der Waals surface area contributed by atoms with Gasteiger partial charge < -0.3 is 34.6 Å². The molecule has 0 aromatic heterocycles. The highest BCUT2D eigenvalue weighted by molar-refractivity contribution is 6.03. The number of fused-ring (bicyclic) bond motifs is 1. The summed E-state index contributed by atoms with van der Waals surface area (Å²) in [7, 11) is 0. The fraction of sp³-hybridized carbons (Fsp3) is 0.381. The van der Waals surface area contributed by atoms with Gasteiger partial charge in [0, 0.05) is 6.07 Å². The third kappa shape index (κ3) is 3.61. The molecule has 2 aromatic carbocycles. The largest absolute Gasteiger partial charge is 0.508 e. The zero-order valence-corrected chi connectivity index (χ0v) is 15.6. The van der Waals surface area contributed by atoms with Gasteiger partial charge in [0.1, 0.15) is 29.8 Å². The standard InChI is InChI=1S/C21H22O8/c1-10-15(23)17(25)18(26)21(27-10)29-20-16(24)13-8-7-12(22)9-14(13)28-19(20)11-5-3-2-4-6-11/h2-10,15,17-23,25-26H,1H3/t10-,15-,17+,18+,19-,20+,21-/m0/s1. The fourth-order valence-electron chi connectivity index (χ4n) is 3.59. The van der Waals surface area contributed by atoms with Gasteiger partial charge in [-0.15, -0.1) is 0 Å². The van der Waals surface area contributed by atoms with Gasteiger partial charge in [0.15, 0.2) is 24.3 Å². The van der Waals surface area contributed by atoms with Gasteiger partial charge in [-0.2, -0.15) is 0 Å². The lowest BCUT2D eigenvalue weighted by Crippen LogP contribution is -2.59.